The lowest BCUT2D eigenvalue weighted by molar-refractivity contribution is 0.230. The first-order chi connectivity index (χ1) is 12.7. The molecule has 0 amide bonds. The first kappa shape index (κ1) is 17.9. The van der Waals surface area contributed by atoms with E-state index in [0.717, 1.165) is 42.2 Å². The van der Waals surface area contributed by atoms with Crippen molar-refractivity contribution in [1.29, 1.82) is 0 Å². The average molecular weight is 373 g/mol. The number of aryl methyl sites for hydroxylation is 1. The quantitative estimate of drug-likeness (QED) is 0.850. The Bertz CT molecular complexity index is 762. The second-order valence-corrected chi connectivity index (χ2v) is 8.06. The molecule has 3 heterocycles. The van der Waals surface area contributed by atoms with Gasteiger partial charge in [0.25, 0.3) is 0 Å². The Balaban J connectivity index is 1.63. The number of anilines is 1. The van der Waals surface area contributed by atoms with E-state index in [-0.39, 0.29) is 0 Å². The minimum Gasteiger partial charge on any atom is -0.370 e. The zero-order valence-electron chi connectivity index (χ0n) is 15.7. The fraction of sp³-hybridized carbons (Fsp3) is 0.571. The number of hydrogen-bond acceptors (Lipinski definition) is 3. The molecule has 1 saturated heterocycles. The van der Waals surface area contributed by atoms with Crippen LogP contribution in [-0.2, 0) is 12.8 Å². The van der Waals surface area contributed by atoms with Crippen LogP contribution in [-0.4, -0.2) is 40.9 Å². The molecule has 5 heteroatoms. The van der Waals surface area contributed by atoms with Crippen LogP contribution in [0.5, 0.6) is 0 Å². The molecular weight excluding hydrogens is 344 g/mol. The molecule has 1 aromatic heterocycles. The lowest BCUT2D eigenvalue weighted by Crippen LogP contribution is -2.31. The van der Waals surface area contributed by atoms with Crippen LogP contribution in [0.3, 0.4) is 0 Å². The number of likely N-dealkylation sites (tertiary alicyclic amines) is 1. The Hall–Kier alpha value is -1.52. The molecule has 0 saturated carbocycles. The lowest BCUT2D eigenvalue weighted by Gasteiger charge is -2.26. The number of rotatable bonds is 4. The van der Waals surface area contributed by atoms with Gasteiger partial charge in [-0.05, 0) is 69.8 Å². The molecule has 0 radical (unpaired) electrons. The zero-order chi connectivity index (χ0) is 17.9. The third-order valence-corrected chi connectivity index (χ3v) is 6.13. The fourth-order valence-corrected chi connectivity index (χ4v) is 4.30. The second-order valence-electron chi connectivity index (χ2n) is 7.66. The number of benzene rings is 1. The van der Waals surface area contributed by atoms with Crippen molar-refractivity contribution in [2.45, 2.75) is 51.9 Å². The molecule has 4 nitrogen and oxygen atoms in total. The van der Waals surface area contributed by atoms with E-state index >= 15 is 0 Å². The molecular formula is C21H29ClN4. The molecule has 1 aromatic carbocycles. The number of piperidine rings is 1. The van der Waals surface area contributed by atoms with E-state index in [0.29, 0.717) is 0 Å². The summed E-state index contributed by atoms with van der Waals surface area (Å²) in [5.41, 5.74) is 4.83. The summed E-state index contributed by atoms with van der Waals surface area (Å²) in [5, 5.41) is 9.46. The van der Waals surface area contributed by atoms with Crippen molar-refractivity contribution < 1.29 is 0 Å². The first-order valence-corrected chi connectivity index (χ1v) is 10.4. The summed E-state index contributed by atoms with van der Waals surface area (Å²) in [6, 6.07) is 6.23. The highest BCUT2D eigenvalue weighted by Crippen LogP contribution is 2.30. The number of nitrogens with one attached hydrogen (secondary N) is 1. The molecule has 1 fully saturated rings. The molecule has 2 aromatic rings. The van der Waals surface area contributed by atoms with E-state index in [2.05, 4.69) is 27.0 Å². The van der Waals surface area contributed by atoms with E-state index < -0.39 is 0 Å². The summed E-state index contributed by atoms with van der Waals surface area (Å²) in [5.74, 6) is 1.18. The highest BCUT2D eigenvalue weighted by atomic mass is 35.5. The normalized spacial score (nSPS) is 18.2. The van der Waals surface area contributed by atoms with E-state index in [4.69, 9.17) is 16.7 Å². The van der Waals surface area contributed by atoms with Gasteiger partial charge >= 0.3 is 0 Å². The van der Waals surface area contributed by atoms with Crippen molar-refractivity contribution >= 4 is 17.4 Å². The van der Waals surface area contributed by atoms with Crippen molar-refractivity contribution in [2.24, 2.45) is 0 Å². The highest BCUT2D eigenvalue weighted by molar-refractivity contribution is 6.31. The number of nitrogens with zero attached hydrogens (tertiary/aromatic N) is 3. The minimum absolute atomic E-state index is 0.801. The van der Waals surface area contributed by atoms with Crippen LogP contribution in [0.2, 0.25) is 5.02 Å². The van der Waals surface area contributed by atoms with Crippen LogP contribution < -0.4 is 5.32 Å². The first-order valence-electron chi connectivity index (χ1n) is 10.1. The average Bonchev–Trinajstić information content (AvgIpc) is 2.83. The molecule has 0 unspecified atom stereocenters. The van der Waals surface area contributed by atoms with Gasteiger partial charge in [0.1, 0.15) is 5.82 Å². The Kier molecular flexibility index (Phi) is 5.51. The third-order valence-electron chi connectivity index (χ3n) is 5.73. The van der Waals surface area contributed by atoms with Crippen LogP contribution in [0.25, 0.3) is 5.69 Å². The Morgan fingerprint density at radius 2 is 1.96 bits per heavy atom. The molecule has 0 bridgehead atoms. The van der Waals surface area contributed by atoms with E-state index in [9.17, 15) is 0 Å². The van der Waals surface area contributed by atoms with Gasteiger partial charge in [0, 0.05) is 30.1 Å². The largest absolute Gasteiger partial charge is 0.370 e. The smallest absolute Gasteiger partial charge is 0.133 e. The van der Waals surface area contributed by atoms with Gasteiger partial charge in [0.15, 0.2) is 0 Å². The Morgan fingerprint density at radius 1 is 1.12 bits per heavy atom. The predicted octanol–water partition coefficient (Wildman–Crippen LogP) is 4.61. The maximum atomic E-state index is 6.38. The maximum absolute atomic E-state index is 6.38. The van der Waals surface area contributed by atoms with Crippen molar-refractivity contribution in [1.82, 2.24) is 14.7 Å². The summed E-state index contributed by atoms with van der Waals surface area (Å²) >= 11 is 6.38. The minimum atomic E-state index is 0.801. The Morgan fingerprint density at radius 3 is 2.77 bits per heavy atom. The van der Waals surface area contributed by atoms with E-state index in [1.165, 1.54) is 62.3 Å². The van der Waals surface area contributed by atoms with Gasteiger partial charge in [0.05, 0.1) is 11.4 Å². The zero-order valence-corrected chi connectivity index (χ0v) is 16.5. The van der Waals surface area contributed by atoms with Crippen LogP contribution in [0.15, 0.2) is 18.2 Å². The van der Waals surface area contributed by atoms with Crippen LogP contribution >= 0.6 is 11.6 Å². The molecule has 2 aliphatic rings. The van der Waals surface area contributed by atoms with Gasteiger partial charge in [-0.3, -0.25) is 0 Å². The van der Waals surface area contributed by atoms with E-state index in [1.807, 2.05) is 13.0 Å². The summed E-state index contributed by atoms with van der Waals surface area (Å²) < 4.78 is 2.08. The van der Waals surface area contributed by atoms with Crippen molar-refractivity contribution in [2.75, 3.05) is 31.5 Å². The molecule has 0 spiro atoms. The number of fused-ring (bicyclic) bond motifs is 1. The summed E-state index contributed by atoms with van der Waals surface area (Å²) in [6.45, 7) is 6.67. The molecule has 1 N–H and O–H groups in total. The summed E-state index contributed by atoms with van der Waals surface area (Å²) in [4.78, 5) is 2.60. The van der Waals surface area contributed by atoms with Crippen molar-refractivity contribution in [3.05, 3.63) is 40.0 Å². The van der Waals surface area contributed by atoms with Gasteiger partial charge < -0.3 is 10.2 Å². The lowest BCUT2D eigenvalue weighted by atomic mass is 10.1. The molecule has 0 atom stereocenters. The van der Waals surface area contributed by atoms with Crippen LogP contribution in [0, 0.1) is 6.92 Å². The van der Waals surface area contributed by atoms with Gasteiger partial charge in [-0.2, -0.15) is 5.10 Å². The standard InChI is InChI=1S/C21H29ClN4/c1-16-8-9-17(15-19(16)22)26-21-18(7-3-4-11-23-21)20(24-26)10-14-25-12-5-2-6-13-25/h8-9,15,23H,2-7,10-14H2,1H3. The van der Waals surface area contributed by atoms with Gasteiger partial charge in [-0.25, -0.2) is 4.68 Å². The molecule has 2 aliphatic heterocycles. The van der Waals surface area contributed by atoms with Crippen LogP contribution in [0.4, 0.5) is 5.82 Å². The monoisotopic (exact) mass is 372 g/mol. The second kappa shape index (κ2) is 8.01. The SMILES string of the molecule is Cc1ccc(-n2nc(CCN3CCCCC3)c3c2NCCCC3)cc1Cl. The van der Waals surface area contributed by atoms with Crippen molar-refractivity contribution in [3.63, 3.8) is 0 Å². The van der Waals surface area contributed by atoms with Gasteiger partial charge in [-0.15, -0.1) is 0 Å². The fourth-order valence-electron chi connectivity index (χ4n) is 4.12. The molecule has 140 valence electrons. The molecule has 4 rings (SSSR count). The predicted molar refractivity (Wildman–Crippen MR) is 109 cm³/mol. The molecule has 0 aliphatic carbocycles. The van der Waals surface area contributed by atoms with Gasteiger partial charge in [-0.1, -0.05) is 24.1 Å². The van der Waals surface area contributed by atoms with Crippen LogP contribution in [0.1, 0.15) is 48.9 Å². The number of aromatic nitrogens is 2. The maximum Gasteiger partial charge on any atom is 0.133 e. The molecule has 26 heavy (non-hydrogen) atoms. The Labute approximate surface area is 161 Å². The van der Waals surface area contributed by atoms with Gasteiger partial charge in [0.2, 0.25) is 0 Å². The van der Waals surface area contributed by atoms with E-state index in [1.54, 1.807) is 0 Å². The highest BCUT2D eigenvalue weighted by Gasteiger charge is 2.21. The third kappa shape index (κ3) is 3.77. The summed E-state index contributed by atoms with van der Waals surface area (Å²) in [7, 11) is 0. The topological polar surface area (TPSA) is 33.1 Å². The number of halogens is 1. The number of hydrogen-bond donors (Lipinski definition) is 1. The van der Waals surface area contributed by atoms with Crippen molar-refractivity contribution in [3.8, 4) is 5.69 Å². The summed E-state index contributed by atoms with van der Waals surface area (Å²) in [6.07, 6.45) is 8.68.